The summed E-state index contributed by atoms with van der Waals surface area (Å²) in [6.45, 7) is 0.978. The zero-order valence-electron chi connectivity index (χ0n) is 11.3. The van der Waals surface area contributed by atoms with Gasteiger partial charge in [-0.25, -0.2) is 4.39 Å². The average Bonchev–Trinajstić information content (AvgIpc) is 2.44. The van der Waals surface area contributed by atoms with E-state index in [1.165, 1.54) is 33.1 Å². The van der Waals surface area contributed by atoms with Gasteiger partial charge in [0.1, 0.15) is 5.82 Å². The number of benzene rings is 1. The van der Waals surface area contributed by atoms with Crippen LogP contribution in [0.2, 0.25) is 5.02 Å². The second-order valence-electron chi connectivity index (χ2n) is 4.74. The van der Waals surface area contributed by atoms with Gasteiger partial charge in [0, 0.05) is 17.7 Å². The van der Waals surface area contributed by atoms with Gasteiger partial charge >= 0.3 is 0 Å². The maximum atomic E-state index is 14.2. The van der Waals surface area contributed by atoms with E-state index in [2.05, 4.69) is 5.32 Å². The highest BCUT2D eigenvalue weighted by atomic mass is 35.5. The van der Waals surface area contributed by atoms with E-state index < -0.39 is 5.82 Å². The lowest BCUT2D eigenvalue weighted by molar-refractivity contribution is 0.340. The summed E-state index contributed by atoms with van der Waals surface area (Å²) in [6.07, 6.45) is 3.94. The topological polar surface area (TPSA) is 30.5 Å². The molecule has 1 atom stereocenters. The van der Waals surface area contributed by atoms with Crippen molar-refractivity contribution in [1.82, 2.24) is 5.32 Å². The number of rotatable bonds is 4. The SMILES string of the molecule is COc1cc(Cl)c(F)c(CC2CCCCN2)c1OC. The van der Waals surface area contributed by atoms with Gasteiger partial charge in [0.05, 0.1) is 19.2 Å². The number of nitrogens with one attached hydrogen (secondary N) is 1. The molecule has 0 bridgehead atoms. The van der Waals surface area contributed by atoms with Crippen LogP contribution in [0.4, 0.5) is 4.39 Å². The third-order valence-corrected chi connectivity index (χ3v) is 3.79. The van der Waals surface area contributed by atoms with Gasteiger partial charge in [-0.1, -0.05) is 18.0 Å². The first-order valence-electron chi connectivity index (χ1n) is 6.49. The van der Waals surface area contributed by atoms with Crippen LogP contribution in [-0.4, -0.2) is 26.8 Å². The Labute approximate surface area is 118 Å². The van der Waals surface area contributed by atoms with Crippen molar-refractivity contribution in [2.24, 2.45) is 0 Å². The zero-order chi connectivity index (χ0) is 13.8. The van der Waals surface area contributed by atoms with Gasteiger partial charge in [0.25, 0.3) is 0 Å². The predicted molar refractivity (Wildman–Crippen MR) is 73.9 cm³/mol. The molecule has 0 spiro atoms. The van der Waals surface area contributed by atoms with Crippen molar-refractivity contribution >= 4 is 11.6 Å². The number of halogens is 2. The van der Waals surface area contributed by atoms with Gasteiger partial charge in [-0.3, -0.25) is 0 Å². The van der Waals surface area contributed by atoms with Gasteiger partial charge in [0.2, 0.25) is 0 Å². The van der Waals surface area contributed by atoms with Crippen molar-refractivity contribution in [1.29, 1.82) is 0 Å². The van der Waals surface area contributed by atoms with E-state index >= 15 is 0 Å². The lowest BCUT2D eigenvalue weighted by atomic mass is 9.96. The summed E-state index contributed by atoms with van der Waals surface area (Å²) in [5.41, 5.74) is 0.492. The van der Waals surface area contributed by atoms with Crippen LogP contribution in [-0.2, 0) is 6.42 Å². The van der Waals surface area contributed by atoms with E-state index in [-0.39, 0.29) is 11.1 Å². The van der Waals surface area contributed by atoms with E-state index in [0.717, 1.165) is 13.0 Å². The van der Waals surface area contributed by atoms with E-state index in [4.69, 9.17) is 21.1 Å². The number of methoxy groups -OCH3 is 2. The highest BCUT2D eigenvalue weighted by Gasteiger charge is 2.23. The smallest absolute Gasteiger partial charge is 0.166 e. The third kappa shape index (κ3) is 3.12. The van der Waals surface area contributed by atoms with Crippen LogP contribution in [0.1, 0.15) is 24.8 Å². The lowest BCUT2D eigenvalue weighted by Crippen LogP contribution is -2.35. The molecule has 1 aromatic carbocycles. The standard InChI is InChI=1S/C14H19ClFNO2/c1-18-12-8-11(15)13(16)10(14(12)19-2)7-9-5-3-4-6-17-9/h8-9,17H,3-7H2,1-2H3. The van der Waals surface area contributed by atoms with Gasteiger partial charge in [-0.2, -0.15) is 0 Å². The molecule has 1 aromatic rings. The minimum atomic E-state index is -0.410. The fourth-order valence-electron chi connectivity index (χ4n) is 2.54. The molecule has 0 amide bonds. The highest BCUT2D eigenvalue weighted by molar-refractivity contribution is 6.31. The van der Waals surface area contributed by atoms with Gasteiger partial charge in [0.15, 0.2) is 11.5 Å². The Morgan fingerprint density at radius 1 is 1.37 bits per heavy atom. The largest absolute Gasteiger partial charge is 0.493 e. The molecule has 19 heavy (non-hydrogen) atoms. The lowest BCUT2D eigenvalue weighted by Gasteiger charge is -2.25. The fraction of sp³-hybridized carbons (Fsp3) is 0.571. The van der Waals surface area contributed by atoms with Crippen LogP contribution in [0.25, 0.3) is 0 Å². The molecule has 1 N–H and O–H groups in total. The molecule has 1 unspecified atom stereocenters. The summed E-state index contributed by atoms with van der Waals surface area (Å²) in [7, 11) is 3.04. The van der Waals surface area contributed by atoms with Crippen molar-refractivity contribution in [2.75, 3.05) is 20.8 Å². The van der Waals surface area contributed by atoms with E-state index in [0.29, 0.717) is 23.5 Å². The molecule has 5 heteroatoms. The summed E-state index contributed by atoms with van der Waals surface area (Å²) in [5.74, 6) is 0.503. The summed E-state index contributed by atoms with van der Waals surface area (Å²) in [6, 6.07) is 1.72. The molecule has 0 aliphatic carbocycles. The minimum absolute atomic E-state index is 0.0726. The van der Waals surface area contributed by atoms with E-state index in [1.54, 1.807) is 0 Å². The molecule has 106 valence electrons. The third-order valence-electron chi connectivity index (χ3n) is 3.52. The molecule has 3 nitrogen and oxygen atoms in total. The van der Waals surface area contributed by atoms with Crippen molar-refractivity contribution in [3.8, 4) is 11.5 Å². The van der Waals surface area contributed by atoms with Crippen molar-refractivity contribution in [3.63, 3.8) is 0 Å². The molecule has 1 heterocycles. The molecule has 0 radical (unpaired) electrons. The molecule has 0 saturated carbocycles. The van der Waals surface area contributed by atoms with Crippen LogP contribution in [0.3, 0.4) is 0 Å². The molecular weight excluding hydrogens is 269 g/mol. The second-order valence-corrected chi connectivity index (χ2v) is 5.14. The predicted octanol–water partition coefficient (Wildman–Crippen LogP) is 3.18. The molecule has 1 aliphatic heterocycles. The fourth-order valence-corrected chi connectivity index (χ4v) is 2.75. The Bertz CT molecular complexity index is 448. The molecular formula is C14H19ClFNO2. The summed E-state index contributed by atoms with van der Waals surface area (Å²) in [5, 5.41) is 3.47. The summed E-state index contributed by atoms with van der Waals surface area (Å²) in [4.78, 5) is 0. The molecule has 2 rings (SSSR count). The maximum Gasteiger partial charge on any atom is 0.166 e. The summed E-state index contributed by atoms with van der Waals surface area (Å²) >= 11 is 5.91. The van der Waals surface area contributed by atoms with Gasteiger partial charge < -0.3 is 14.8 Å². The first-order chi connectivity index (χ1) is 9.17. The van der Waals surface area contributed by atoms with Crippen LogP contribution in [0.15, 0.2) is 6.07 Å². The van der Waals surface area contributed by atoms with Crippen LogP contribution >= 0.6 is 11.6 Å². The Hall–Kier alpha value is -1.00. The normalized spacial score (nSPS) is 19.3. The number of hydrogen-bond acceptors (Lipinski definition) is 3. The van der Waals surface area contributed by atoms with Crippen LogP contribution in [0, 0.1) is 5.82 Å². The van der Waals surface area contributed by atoms with Gasteiger partial charge in [-0.05, 0) is 25.8 Å². The molecule has 1 saturated heterocycles. The first-order valence-corrected chi connectivity index (χ1v) is 6.87. The highest BCUT2D eigenvalue weighted by Crippen LogP contribution is 2.38. The molecule has 1 fully saturated rings. The molecule has 1 aliphatic rings. The zero-order valence-corrected chi connectivity index (χ0v) is 12.0. The Kier molecular flexibility index (Phi) is 4.88. The first kappa shape index (κ1) is 14.4. The Morgan fingerprint density at radius 2 is 2.16 bits per heavy atom. The maximum absolute atomic E-state index is 14.2. The van der Waals surface area contributed by atoms with E-state index in [9.17, 15) is 4.39 Å². The van der Waals surface area contributed by atoms with Crippen molar-refractivity contribution in [3.05, 3.63) is 22.5 Å². The minimum Gasteiger partial charge on any atom is -0.493 e. The average molecular weight is 288 g/mol. The van der Waals surface area contributed by atoms with Crippen LogP contribution in [0.5, 0.6) is 11.5 Å². The van der Waals surface area contributed by atoms with Crippen molar-refractivity contribution < 1.29 is 13.9 Å². The monoisotopic (exact) mass is 287 g/mol. The molecule has 0 aromatic heterocycles. The Morgan fingerprint density at radius 3 is 2.74 bits per heavy atom. The van der Waals surface area contributed by atoms with Crippen molar-refractivity contribution in [2.45, 2.75) is 31.7 Å². The number of ether oxygens (including phenoxy) is 2. The number of hydrogen-bond donors (Lipinski definition) is 1. The second kappa shape index (κ2) is 6.44. The number of piperidine rings is 1. The van der Waals surface area contributed by atoms with Crippen LogP contribution < -0.4 is 14.8 Å². The quantitative estimate of drug-likeness (QED) is 0.923. The van der Waals surface area contributed by atoms with Gasteiger partial charge in [-0.15, -0.1) is 0 Å². The van der Waals surface area contributed by atoms with E-state index in [1.807, 2.05) is 0 Å². The Balaban J connectivity index is 2.33. The summed E-state index contributed by atoms with van der Waals surface area (Å²) < 4.78 is 24.7.